The van der Waals surface area contributed by atoms with Crippen LogP contribution in [0.3, 0.4) is 0 Å². The first-order valence-corrected chi connectivity index (χ1v) is 9.30. The topological polar surface area (TPSA) is 59.9 Å². The van der Waals surface area contributed by atoms with Crippen molar-refractivity contribution >= 4 is 16.8 Å². The third kappa shape index (κ3) is 3.45. The van der Waals surface area contributed by atoms with Crippen LogP contribution < -0.4 is 0 Å². The van der Waals surface area contributed by atoms with Crippen molar-refractivity contribution in [3.63, 3.8) is 0 Å². The number of benzene rings is 1. The van der Waals surface area contributed by atoms with E-state index in [-0.39, 0.29) is 5.91 Å². The third-order valence-electron chi connectivity index (χ3n) is 5.60. The van der Waals surface area contributed by atoms with Crippen molar-refractivity contribution in [2.75, 3.05) is 52.9 Å². The van der Waals surface area contributed by atoms with Crippen molar-refractivity contribution in [1.82, 2.24) is 19.7 Å². The Bertz CT molecular complexity index is 798. The molecule has 0 saturated carbocycles. The highest BCUT2D eigenvalue weighted by molar-refractivity contribution is 6.05. The van der Waals surface area contributed by atoms with Crippen LogP contribution in [0.4, 0.5) is 0 Å². The second kappa shape index (κ2) is 6.95. The second-order valence-electron chi connectivity index (χ2n) is 7.66. The molecule has 2 saturated heterocycles. The highest BCUT2D eigenvalue weighted by Crippen LogP contribution is 2.26. The summed E-state index contributed by atoms with van der Waals surface area (Å²) in [7, 11) is 2.13. The summed E-state index contributed by atoms with van der Waals surface area (Å²) >= 11 is 0. The molecule has 6 heteroatoms. The van der Waals surface area contributed by atoms with Gasteiger partial charge in [0.25, 0.3) is 5.91 Å². The highest BCUT2D eigenvalue weighted by atomic mass is 16.3. The lowest BCUT2D eigenvalue weighted by Crippen LogP contribution is -2.52. The van der Waals surface area contributed by atoms with Crippen molar-refractivity contribution in [3.05, 3.63) is 42.1 Å². The summed E-state index contributed by atoms with van der Waals surface area (Å²) in [4.78, 5) is 23.8. The molecule has 138 valence electrons. The van der Waals surface area contributed by atoms with E-state index in [0.29, 0.717) is 31.6 Å². The first-order chi connectivity index (χ1) is 12.5. The minimum atomic E-state index is -0.816. The van der Waals surface area contributed by atoms with Gasteiger partial charge in [0.2, 0.25) is 0 Å². The van der Waals surface area contributed by atoms with Crippen LogP contribution in [0.1, 0.15) is 16.8 Å². The van der Waals surface area contributed by atoms with Crippen molar-refractivity contribution in [2.24, 2.45) is 0 Å². The highest BCUT2D eigenvalue weighted by Gasteiger charge is 2.40. The maximum Gasteiger partial charge on any atom is 0.256 e. The summed E-state index contributed by atoms with van der Waals surface area (Å²) in [6.45, 7) is 5.62. The van der Waals surface area contributed by atoms with Gasteiger partial charge in [-0.3, -0.25) is 14.7 Å². The molecule has 26 heavy (non-hydrogen) atoms. The largest absolute Gasteiger partial charge is 0.387 e. The second-order valence-corrected chi connectivity index (χ2v) is 7.66. The lowest BCUT2D eigenvalue weighted by Gasteiger charge is -2.36. The van der Waals surface area contributed by atoms with Crippen LogP contribution in [0.2, 0.25) is 0 Å². The number of hydrogen-bond acceptors (Lipinski definition) is 5. The normalized spacial score (nSPS) is 25.1. The number of amides is 1. The molecule has 2 aliphatic heterocycles. The van der Waals surface area contributed by atoms with Gasteiger partial charge in [-0.1, -0.05) is 18.2 Å². The third-order valence-corrected chi connectivity index (χ3v) is 5.60. The summed E-state index contributed by atoms with van der Waals surface area (Å²) in [5, 5.41) is 12.0. The average Bonchev–Trinajstić information content (AvgIpc) is 3.04. The molecule has 0 spiro atoms. The van der Waals surface area contributed by atoms with Gasteiger partial charge >= 0.3 is 0 Å². The van der Waals surface area contributed by atoms with Gasteiger partial charge in [-0.2, -0.15) is 0 Å². The summed E-state index contributed by atoms with van der Waals surface area (Å²) in [5.41, 5.74) is 0.533. The van der Waals surface area contributed by atoms with Gasteiger partial charge in [0, 0.05) is 50.9 Å². The van der Waals surface area contributed by atoms with E-state index in [2.05, 4.69) is 21.8 Å². The van der Waals surface area contributed by atoms with Crippen LogP contribution in [-0.4, -0.2) is 89.2 Å². The molecule has 1 N–H and O–H groups in total. The van der Waals surface area contributed by atoms with Gasteiger partial charge in [0.15, 0.2) is 0 Å². The molecule has 2 aromatic rings. The molecule has 0 aliphatic carbocycles. The zero-order valence-corrected chi connectivity index (χ0v) is 15.3. The van der Waals surface area contributed by atoms with Crippen LogP contribution in [0.5, 0.6) is 0 Å². The number of aliphatic hydroxyl groups is 1. The molecule has 4 rings (SSSR count). The number of carbonyl (C=O) groups excluding carboxylic acids is 1. The molecular weight excluding hydrogens is 328 g/mol. The Morgan fingerprint density at radius 1 is 1.15 bits per heavy atom. The molecule has 1 aromatic carbocycles. The Hall–Kier alpha value is -2.02. The molecule has 0 bridgehead atoms. The van der Waals surface area contributed by atoms with E-state index in [1.807, 2.05) is 30.3 Å². The minimum Gasteiger partial charge on any atom is -0.387 e. The van der Waals surface area contributed by atoms with E-state index >= 15 is 0 Å². The fraction of sp³-hybridized carbons (Fsp3) is 0.500. The quantitative estimate of drug-likeness (QED) is 0.893. The first-order valence-electron chi connectivity index (χ1n) is 9.30. The van der Waals surface area contributed by atoms with Crippen LogP contribution in [-0.2, 0) is 0 Å². The Kier molecular flexibility index (Phi) is 4.65. The molecule has 0 unspecified atom stereocenters. The maximum absolute atomic E-state index is 13.0. The lowest BCUT2D eigenvalue weighted by atomic mass is 10.0. The van der Waals surface area contributed by atoms with Gasteiger partial charge in [-0.15, -0.1) is 0 Å². The number of likely N-dealkylation sites (N-methyl/N-ethyl adjacent to an activating group) is 1. The van der Waals surface area contributed by atoms with E-state index in [4.69, 9.17) is 0 Å². The standard InChI is InChI=1S/C20H26N4O2/c1-22-10-12-23(13-11-22)14-20(26)7-9-24(15-20)19(25)17-6-2-4-16-5-3-8-21-18(16)17/h2-6,8,26H,7,9-15H2,1H3/t20-/m0/s1. The van der Waals surface area contributed by atoms with E-state index in [0.717, 1.165) is 37.1 Å². The molecule has 1 atom stereocenters. The van der Waals surface area contributed by atoms with E-state index in [9.17, 15) is 9.90 Å². The summed E-state index contributed by atoms with van der Waals surface area (Å²) < 4.78 is 0. The Balaban J connectivity index is 1.46. The summed E-state index contributed by atoms with van der Waals surface area (Å²) in [6.07, 6.45) is 2.34. The Labute approximate surface area is 154 Å². The number of aromatic nitrogens is 1. The molecule has 0 radical (unpaired) electrons. The van der Waals surface area contributed by atoms with Crippen molar-refractivity contribution < 1.29 is 9.90 Å². The Morgan fingerprint density at radius 2 is 1.92 bits per heavy atom. The average molecular weight is 354 g/mol. The fourth-order valence-corrected chi connectivity index (χ4v) is 4.03. The zero-order chi connectivity index (χ0) is 18.1. The number of carbonyl (C=O) groups is 1. The number of rotatable bonds is 3. The Morgan fingerprint density at radius 3 is 2.73 bits per heavy atom. The van der Waals surface area contributed by atoms with Gasteiger partial charge in [0.1, 0.15) is 0 Å². The zero-order valence-electron chi connectivity index (χ0n) is 15.3. The number of pyridine rings is 1. The number of likely N-dealkylation sites (tertiary alicyclic amines) is 1. The van der Waals surface area contributed by atoms with Crippen molar-refractivity contribution in [2.45, 2.75) is 12.0 Å². The van der Waals surface area contributed by atoms with Gasteiger partial charge in [0.05, 0.1) is 23.2 Å². The maximum atomic E-state index is 13.0. The predicted molar refractivity (Wildman–Crippen MR) is 101 cm³/mol. The lowest BCUT2D eigenvalue weighted by molar-refractivity contribution is 0.000539. The number of hydrogen-bond donors (Lipinski definition) is 1. The van der Waals surface area contributed by atoms with Crippen molar-refractivity contribution in [1.29, 1.82) is 0 Å². The molecule has 1 aromatic heterocycles. The minimum absolute atomic E-state index is 0.0383. The molecule has 6 nitrogen and oxygen atoms in total. The van der Waals surface area contributed by atoms with Gasteiger partial charge < -0.3 is 14.9 Å². The molecule has 1 amide bonds. The van der Waals surface area contributed by atoms with Gasteiger partial charge in [-0.05, 0) is 25.6 Å². The number of fused-ring (bicyclic) bond motifs is 1. The number of piperazine rings is 1. The summed E-state index contributed by atoms with van der Waals surface area (Å²) in [5.74, 6) is -0.0383. The van der Waals surface area contributed by atoms with E-state index in [1.54, 1.807) is 11.1 Å². The summed E-state index contributed by atoms with van der Waals surface area (Å²) in [6, 6.07) is 9.53. The number of para-hydroxylation sites is 1. The van der Waals surface area contributed by atoms with Crippen LogP contribution in [0.25, 0.3) is 10.9 Å². The first kappa shape index (κ1) is 17.4. The molecule has 2 fully saturated rings. The smallest absolute Gasteiger partial charge is 0.256 e. The molecular formula is C20H26N4O2. The molecule has 3 heterocycles. The predicted octanol–water partition coefficient (Wildman–Crippen LogP) is 1.06. The van der Waals surface area contributed by atoms with Crippen LogP contribution in [0, 0.1) is 0 Å². The molecule has 2 aliphatic rings. The number of β-amino-alcohol motifs (C(OH)–C–C–N with tert-alkyl or cyclic N) is 1. The SMILES string of the molecule is CN1CCN(C[C@@]2(O)CCN(C(=O)c3cccc4cccnc34)C2)CC1. The van der Waals surface area contributed by atoms with E-state index in [1.165, 1.54) is 0 Å². The van der Waals surface area contributed by atoms with Gasteiger partial charge in [-0.25, -0.2) is 0 Å². The fourth-order valence-electron chi connectivity index (χ4n) is 4.03. The van der Waals surface area contributed by atoms with Crippen LogP contribution in [0.15, 0.2) is 36.5 Å². The van der Waals surface area contributed by atoms with Crippen molar-refractivity contribution in [3.8, 4) is 0 Å². The van der Waals surface area contributed by atoms with Crippen LogP contribution >= 0.6 is 0 Å². The number of nitrogens with zero attached hydrogens (tertiary/aromatic N) is 4. The monoisotopic (exact) mass is 354 g/mol. The van der Waals surface area contributed by atoms with E-state index < -0.39 is 5.60 Å².